The quantitative estimate of drug-likeness (QED) is 0.889. The second-order valence-electron chi connectivity index (χ2n) is 5.74. The summed E-state index contributed by atoms with van der Waals surface area (Å²) >= 11 is 0. The fourth-order valence-corrected chi connectivity index (χ4v) is 2.08. The molecule has 1 heterocycles. The van der Waals surface area contributed by atoms with Gasteiger partial charge in [0.1, 0.15) is 0 Å². The molecule has 0 saturated heterocycles. The number of benzene rings is 1. The Morgan fingerprint density at radius 1 is 1.35 bits per heavy atom. The summed E-state index contributed by atoms with van der Waals surface area (Å²) < 4.78 is 30.6. The normalized spacial score (nSPS) is 11.7. The molecule has 1 amide bonds. The predicted octanol–water partition coefficient (Wildman–Crippen LogP) is 2.93. The number of carbonyl (C=O) groups excluding carboxylic acids is 1. The van der Waals surface area contributed by atoms with Crippen molar-refractivity contribution in [3.8, 4) is 5.69 Å². The standard InChI is InChI=1S/C16H19F2N3O2/c1-11-9-13(20-21(11)12-7-5-4-6-8-12)14(22)19-10-16(2,3)23-15(17)18/h4-9,15H,10H2,1-3H3,(H,19,22). The second-order valence-corrected chi connectivity index (χ2v) is 5.74. The van der Waals surface area contributed by atoms with Crippen LogP contribution in [0.25, 0.3) is 5.69 Å². The highest BCUT2D eigenvalue weighted by Crippen LogP contribution is 2.14. The summed E-state index contributed by atoms with van der Waals surface area (Å²) in [6, 6.07) is 11.0. The Balaban J connectivity index is 2.07. The molecule has 0 unspecified atom stereocenters. The second kappa shape index (κ2) is 6.87. The van der Waals surface area contributed by atoms with Gasteiger partial charge in [-0.15, -0.1) is 0 Å². The van der Waals surface area contributed by atoms with E-state index in [4.69, 9.17) is 0 Å². The molecule has 23 heavy (non-hydrogen) atoms. The molecule has 1 aromatic heterocycles. The number of halogens is 2. The number of aryl methyl sites for hydroxylation is 1. The number of amides is 1. The molecule has 0 aliphatic heterocycles. The number of rotatable bonds is 6. The van der Waals surface area contributed by atoms with Gasteiger partial charge in [-0.05, 0) is 39.0 Å². The van der Waals surface area contributed by atoms with Crippen LogP contribution in [0.1, 0.15) is 30.0 Å². The minimum Gasteiger partial charge on any atom is -0.348 e. The maximum atomic E-state index is 12.3. The van der Waals surface area contributed by atoms with Crippen LogP contribution in [0.4, 0.5) is 8.78 Å². The Labute approximate surface area is 133 Å². The number of carbonyl (C=O) groups is 1. The van der Waals surface area contributed by atoms with E-state index in [9.17, 15) is 13.6 Å². The smallest absolute Gasteiger partial charge is 0.345 e. The number of para-hydroxylation sites is 1. The zero-order valence-corrected chi connectivity index (χ0v) is 13.2. The number of hydrogen-bond acceptors (Lipinski definition) is 3. The van der Waals surface area contributed by atoms with Crippen molar-refractivity contribution in [2.75, 3.05) is 6.54 Å². The first-order chi connectivity index (χ1) is 10.8. The zero-order valence-electron chi connectivity index (χ0n) is 13.2. The lowest BCUT2D eigenvalue weighted by Crippen LogP contribution is -2.41. The molecule has 0 fully saturated rings. The van der Waals surface area contributed by atoms with Gasteiger partial charge in [0, 0.05) is 12.2 Å². The lowest BCUT2D eigenvalue weighted by molar-refractivity contribution is -0.194. The molecule has 2 aromatic rings. The topological polar surface area (TPSA) is 56.1 Å². The Kier molecular flexibility index (Phi) is 5.10. The van der Waals surface area contributed by atoms with E-state index in [0.29, 0.717) is 0 Å². The molecule has 1 N–H and O–H groups in total. The highest BCUT2D eigenvalue weighted by Gasteiger charge is 2.25. The van der Waals surface area contributed by atoms with Crippen LogP contribution >= 0.6 is 0 Å². The summed E-state index contributed by atoms with van der Waals surface area (Å²) in [5.41, 5.74) is 0.690. The molecule has 2 rings (SSSR count). The first-order valence-electron chi connectivity index (χ1n) is 7.15. The molecule has 0 aliphatic carbocycles. The van der Waals surface area contributed by atoms with Gasteiger partial charge in [0.15, 0.2) is 5.69 Å². The fraction of sp³-hybridized carbons (Fsp3) is 0.375. The zero-order chi connectivity index (χ0) is 17.0. The van der Waals surface area contributed by atoms with E-state index in [1.807, 2.05) is 37.3 Å². The highest BCUT2D eigenvalue weighted by atomic mass is 19.3. The fourth-order valence-electron chi connectivity index (χ4n) is 2.08. The molecule has 0 spiro atoms. The molecule has 7 heteroatoms. The van der Waals surface area contributed by atoms with Crippen molar-refractivity contribution in [2.24, 2.45) is 0 Å². The summed E-state index contributed by atoms with van der Waals surface area (Å²) in [7, 11) is 0. The third-order valence-electron chi connectivity index (χ3n) is 3.20. The molecule has 0 atom stereocenters. The maximum absolute atomic E-state index is 12.3. The van der Waals surface area contributed by atoms with Gasteiger partial charge in [-0.25, -0.2) is 4.68 Å². The van der Waals surface area contributed by atoms with E-state index in [1.165, 1.54) is 13.8 Å². The molecule has 0 bridgehead atoms. The van der Waals surface area contributed by atoms with Crippen LogP contribution < -0.4 is 5.32 Å². The van der Waals surface area contributed by atoms with Gasteiger partial charge >= 0.3 is 6.61 Å². The van der Waals surface area contributed by atoms with Crippen LogP contribution in [-0.2, 0) is 4.74 Å². The van der Waals surface area contributed by atoms with Crippen molar-refractivity contribution in [3.63, 3.8) is 0 Å². The summed E-state index contributed by atoms with van der Waals surface area (Å²) in [6.45, 7) is 1.86. The molecule has 124 valence electrons. The van der Waals surface area contributed by atoms with Gasteiger partial charge in [-0.3, -0.25) is 4.79 Å². The summed E-state index contributed by atoms with van der Waals surface area (Å²) in [5.74, 6) is -0.436. The predicted molar refractivity (Wildman–Crippen MR) is 81.8 cm³/mol. The van der Waals surface area contributed by atoms with E-state index in [2.05, 4.69) is 15.2 Å². The molecular weight excluding hydrogens is 304 g/mol. The average molecular weight is 323 g/mol. The first-order valence-corrected chi connectivity index (χ1v) is 7.15. The van der Waals surface area contributed by atoms with Crippen LogP contribution in [0.5, 0.6) is 0 Å². The van der Waals surface area contributed by atoms with Gasteiger partial charge in [0.25, 0.3) is 5.91 Å². The number of nitrogens with one attached hydrogen (secondary N) is 1. The van der Waals surface area contributed by atoms with Crippen molar-refractivity contribution in [1.82, 2.24) is 15.1 Å². The Hall–Kier alpha value is -2.28. The number of nitrogens with zero attached hydrogens (tertiary/aromatic N) is 2. The molecular formula is C16H19F2N3O2. The molecule has 0 saturated carbocycles. The Bertz CT molecular complexity index is 669. The Morgan fingerprint density at radius 3 is 2.61 bits per heavy atom. The van der Waals surface area contributed by atoms with E-state index < -0.39 is 18.1 Å². The van der Waals surface area contributed by atoms with Crippen molar-refractivity contribution in [1.29, 1.82) is 0 Å². The third kappa shape index (κ3) is 4.59. The van der Waals surface area contributed by atoms with Gasteiger partial charge in [-0.1, -0.05) is 18.2 Å². The summed E-state index contributed by atoms with van der Waals surface area (Å²) in [4.78, 5) is 12.1. The van der Waals surface area contributed by atoms with Crippen LogP contribution in [-0.4, -0.2) is 34.4 Å². The number of hydrogen-bond donors (Lipinski definition) is 1. The van der Waals surface area contributed by atoms with E-state index in [-0.39, 0.29) is 12.2 Å². The van der Waals surface area contributed by atoms with Crippen LogP contribution in [0.15, 0.2) is 36.4 Å². The highest BCUT2D eigenvalue weighted by molar-refractivity contribution is 5.92. The lowest BCUT2D eigenvalue weighted by Gasteiger charge is -2.24. The molecule has 5 nitrogen and oxygen atoms in total. The minimum absolute atomic E-state index is 0.0482. The third-order valence-corrected chi connectivity index (χ3v) is 3.20. The van der Waals surface area contributed by atoms with Gasteiger partial charge in [0.2, 0.25) is 0 Å². The van der Waals surface area contributed by atoms with Gasteiger partial charge in [0.05, 0.1) is 11.3 Å². The monoisotopic (exact) mass is 323 g/mol. The van der Waals surface area contributed by atoms with Gasteiger partial charge in [-0.2, -0.15) is 13.9 Å². The number of ether oxygens (including phenoxy) is 1. The van der Waals surface area contributed by atoms with Crippen molar-refractivity contribution < 1.29 is 18.3 Å². The minimum atomic E-state index is -2.89. The van der Waals surface area contributed by atoms with Crippen molar-refractivity contribution >= 4 is 5.91 Å². The van der Waals surface area contributed by atoms with Gasteiger partial charge < -0.3 is 10.1 Å². The molecule has 1 aromatic carbocycles. The molecule has 0 radical (unpaired) electrons. The van der Waals surface area contributed by atoms with Crippen LogP contribution in [0.2, 0.25) is 0 Å². The number of alkyl halides is 2. The molecule has 0 aliphatic rings. The van der Waals surface area contributed by atoms with E-state index in [1.54, 1.807) is 10.7 Å². The average Bonchev–Trinajstić information content (AvgIpc) is 2.86. The summed E-state index contributed by atoms with van der Waals surface area (Å²) in [6.07, 6.45) is 0. The maximum Gasteiger partial charge on any atom is 0.345 e. The SMILES string of the molecule is Cc1cc(C(=O)NCC(C)(C)OC(F)F)nn1-c1ccccc1. The first kappa shape index (κ1) is 17.1. The van der Waals surface area contributed by atoms with Crippen LogP contribution in [0, 0.1) is 6.92 Å². The summed E-state index contributed by atoms with van der Waals surface area (Å²) in [5, 5.41) is 6.82. The van der Waals surface area contributed by atoms with E-state index in [0.717, 1.165) is 11.4 Å². The lowest BCUT2D eigenvalue weighted by atomic mass is 10.1. The van der Waals surface area contributed by atoms with Crippen molar-refractivity contribution in [3.05, 3.63) is 47.8 Å². The van der Waals surface area contributed by atoms with Crippen molar-refractivity contribution in [2.45, 2.75) is 33.0 Å². The Morgan fingerprint density at radius 2 is 2.00 bits per heavy atom. The largest absolute Gasteiger partial charge is 0.348 e. The number of aromatic nitrogens is 2. The van der Waals surface area contributed by atoms with Crippen LogP contribution in [0.3, 0.4) is 0 Å². The van der Waals surface area contributed by atoms with E-state index >= 15 is 0 Å².